The van der Waals surface area contributed by atoms with Crippen LogP contribution in [-0.4, -0.2) is 24.9 Å². The number of hydrogen-bond acceptors (Lipinski definition) is 7. The first-order chi connectivity index (χ1) is 49.5. The van der Waals surface area contributed by atoms with Crippen LogP contribution in [0.25, 0.3) is 113 Å². The minimum Gasteiger partial charge on any atom is -0.457 e. The molecule has 468 valence electrons. The van der Waals surface area contributed by atoms with Crippen molar-refractivity contribution in [1.29, 1.82) is 0 Å². The molecule has 2 aliphatic carbocycles. The van der Waals surface area contributed by atoms with E-state index in [4.69, 9.17) is 29.7 Å². The summed E-state index contributed by atoms with van der Waals surface area (Å²) in [4.78, 5) is 27.9. The first kappa shape index (κ1) is 58.7. The lowest BCUT2D eigenvalue weighted by Crippen LogP contribution is -2.32. The van der Waals surface area contributed by atoms with E-state index in [0.717, 1.165) is 78.8 Å². The van der Waals surface area contributed by atoms with Gasteiger partial charge in [-0.2, -0.15) is 0 Å². The zero-order valence-corrected chi connectivity index (χ0v) is 54.9. The van der Waals surface area contributed by atoms with Crippen molar-refractivity contribution in [3.05, 3.63) is 402 Å². The Labute approximate surface area is 584 Å². The fourth-order valence-electron chi connectivity index (χ4n) is 15.7. The van der Waals surface area contributed by atoms with E-state index in [1.807, 2.05) is 72.4 Å². The van der Waals surface area contributed by atoms with Gasteiger partial charge in [0.15, 0.2) is 23.3 Å². The number of rotatable bonds is 8. The van der Waals surface area contributed by atoms with E-state index < -0.39 is 10.8 Å². The molecule has 4 heterocycles. The van der Waals surface area contributed by atoms with Gasteiger partial charge in [-0.1, -0.05) is 339 Å². The number of para-hydroxylation sites is 1. The Balaban J connectivity index is 0.000000139. The molecular weight excluding hydrogens is 1240 g/mol. The van der Waals surface area contributed by atoms with Gasteiger partial charge in [-0.25, -0.2) is 24.9 Å². The molecule has 0 atom stereocenters. The number of nitrogens with zero attached hydrogens (tertiary/aromatic N) is 5. The minimum absolute atomic E-state index is 0.393. The van der Waals surface area contributed by atoms with E-state index in [2.05, 4.69) is 297 Å². The maximum absolute atomic E-state index is 6.77. The van der Waals surface area contributed by atoms with Gasteiger partial charge in [0.05, 0.1) is 22.2 Å². The van der Waals surface area contributed by atoms with Crippen LogP contribution in [0.2, 0.25) is 0 Å². The average molecular weight is 1290 g/mol. The molecule has 0 bridgehead atoms. The number of benzene rings is 14. The number of ether oxygens (including phenoxy) is 1. The Morgan fingerprint density at radius 3 is 1.04 bits per heavy atom. The van der Waals surface area contributed by atoms with Gasteiger partial charge in [-0.05, 0) is 108 Å². The van der Waals surface area contributed by atoms with Gasteiger partial charge in [0.2, 0.25) is 0 Å². The molecule has 0 saturated carbocycles. The molecule has 7 heteroatoms. The first-order valence-corrected chi connectivity index (χ1v) is 34.7. The molecule has 2 aromatic heterocycles. The van der Waals surface area contributed by atoms with Gasteiger partial charge in [0, 0.05) is 54.3 Å². The Morgan fingerprint density at radius 1 is 0.200 bits per heavy atom. The monoisotopic (exact) mass is 1290 g/mol. The van der Waals surface area contributed by atoms with Crippen LogP contribution in [0.5, 0.6) is 11.5 Å². The SMILES string of the molecule is c1ccc(-c2ccc(-c3cc(-c4ccc5c(c4)Sc4ccccc4C54c5ccccc5-c5ccccc54)nc(-c4ccccc4)n3)cc2)cc1.c1ccc(-c2ccc(-c3nc(-c4ccccc4)nc(-c4ccc5c(c4)Oc4ccccc4C54c5ccccc5-c5ccccc54)n3)cc2)cc1. The summed E-state index contributed by atoms with van der Waals surface area (Å²) >= 11 is 1.86. The zero-order valence-electron chi connectivity index (χ0n) is 54.1. The topological polar surface area (TPSA) is 73.7 Å². The summed E-state index contributed by atoms with van der Waals surface area (Å²) in [6, 6.07) is 127. The third-order valence-electron chi connectivity index (χ3n) is 20.2. The molecule has 0 unspecified atom stereocenters. The lowest BCUT2D eigenvalue weighted by atomic mass is 9.66. The molecule has 20 rings (SSSR count). The van der Waals surface area contributed by atoms with Gasteiger partial charge in [0.25, 0.3) is 0 Å². The third-order valence-corrected chi connectivity index (χ3v) is 21.3. The summed E-state index contributed by atoms with van der Waals surface area (Å²) in [5.74, 6) is 4.19. The molecule has 0 amide bonds. The van der Waals surface area contributed by atoms with Crippen molar-refractivity contribution in [1.82, 2.24) is 24.9 Å². The number of hydrogen-bond donors (Lipinski definition) is 0. The van der Waals surface area contributed by atoms with Crippen LogP contribution >= 0.6 is 11.8 Å². The highest BCUT2D eigenvalue weighted by Gasteiger charge is 2.52. The van der Waals surface area contributed by atoms with Crippen LogP contribution in [0.3, 0.4) is 0 Å². The quantitative estimate of drug-likeness (QED) is 0.150. The fourth-order valence-corrected chi connectivity index (χ4v) is 17.0. The van der Waals surface area contributed by atoms with Gasteiger partial charge >= 0.3 is 0 Å². The van der Waals surface area contributed by atoms with Crippen molar-refractivity contribution in [2.45, 2.75) is 20.6 Å². The van der Waals surface area contributed by atoms with E-state index in [1.54, 1.807) is 0 Å². The molecule has 0 fully saturated rings. The first-order valence-electron chi connectivity index (χ1n) is 33.9. The molecular formula is C93H59N5OS. The van der Waals surface area contributed by atoms with Gasteiger partial charge in [-0.3, -0.25) is 0 Å². The molecule has 2 aliphatic heterocycles. The molecule has 0 N–H and O–H groups in total. The predicted octanol–water partition coefficient (Wildman–Crippen LogP) is 23.0. The van der Waals surface area contributed by atoms with E-state index in [1.165, 1.54) is 82.1 Å². The lowest BCUT2D eigenvalue weighted by Gasteiger charge is -2.39. The largest absolute Gasteiger partial charge is 0.457 e. The third kappa shape index (κ3) is 9.60. The van der Waals surface area contributed by atoms with Crippen molar-refractivity contribution < 1.29 is 4.74 Å². The van der Waals surface area contributed by atoms with E-state index in [0.29, 0.717) is 17.5 Å². The summed E-state index contributed by atoms with van der Waals surface area (Å²) in [5.41, 5.74) is 26.7. The van der Waals surface area contributed by atoms with Crippen molar-refractivity contribution in [3.8, 4) is 124 Å². The normalized spacial score (nSPS) is 13.2. The lowest BCUT2D eigenvalue weighted by molar-refractivity contribution is 0.436. The molecule has 0 radical (unpaired) electrons. The van der Waals surface area contributed by atoms with Crippen LogP contribution in [0, 0.1) is 0 Å². The van der Waals surface area contributed by atoms with Crippen LogP contribution in [0.4, 0.5) is 0 Å². The standard InChI is InChI=1S/C47H30N2S.C46H29N3O/c1-3-13-31(14-4-1)32-23-25-33(26-24-32)42-30-43(49-46(48-42)34-15-5-2-6-16-34)35-27-28-41-45(29-35)50-44-22-12-11-21-40(44)47(41)38-19-9-7-17-36(38)37-18-8-10-20-39(37)47;1-3-13-30(14-4-1)31-23-25-33(26-24-31)44-47-43(32-15-5-2-6-16-32)48-45(49-44)34-27-28-40-42(29-34)50-41-22-12-11-21-39(41)46(40)37-19-9-7-17-35(37)36-18-8-10-20-38(36)46/h1-30H;1-29H. The smallest absolute Gasteiger partial charge is 0.164 e. The van der Waals surface area contributed by atoms with Crippen molar-refractivity contribution in [3.63, 3.8) is 0 Å². The summed E-state index contributed by atoms with van der Waals surface area (Å²) < 4.78 is 6.77. The highest BCUT2D eigenvalue weighted by Crippen LogP contribution is 2.64. The average Bonchev–Trinajstić information content (AvgIpc) is 1.33. The van der Waals surface area contributed by atoms with Crippen LogP contribution < -0.4 is 4.74 Å². The molecule has 100 heavy (non-hydrogen) atoms. The minimum atomic E-state index is -0.518. The molecule has 0 saturated heterocycles. The molecule has 14 aromatic carbocycles. The second-order valence-corrected chi connectivity index (χ2v) is 26.8. The molecule has 16 aromatic rings. The summed E-state index contributed by atoms with van der Waals surface area (Å²) in [7, 11) is 0. The highest BCUT2D eigenvalue weighted by atomic mass is 32.2. The second kappa shape index (κ2) is 24.1. The maximum Gasteiger partial charge on any atom is 0.164 e. The summed E-state index contributed by atoms with van der Waals surface area (Å²) in [5, 5.41) is 0. The summed E-state index contributed by atoms with van der Waals surface area (Å²) in [6.07, 6.45) is 0. The molecule has 6 nitrogen and oxygen atoms in total. The van der Waals surface area contributed by atoms with Gasteiger partial charge in [0.1, 0.15) is 11.5 Å². The highest BCUT2D eigenvalue weighted by molar-refractivity contribution is 7.99. The van der Waals surface area contributed by atoms with Gasteiger partial charge < -0.3 is 4.74 Å². The second-order valence-electron chi connectivity index (χ2n) is 25.7. The summed E-state index contributed by atoms with van der Waals surface area (Å²) in [6.45, 7) is 0. The molecule has 4 aliphatic rings. The Morgan fingerprint density at radius 2 is 0.520 bits per heavy atom. The number of fused-ring (bicyclic) bond motifs is 18. The molecule has 2 spiro atoms. The van der Waals surface area contributed by atoms with Crippen molar-refractivity contribution >= 4 is 11.8 Å². The maximum atomic E-state index is 6.77. The van der Waals surface area contributed by atoms with Crippen LogP contribution in [0.15, 0.2) is 368 Å². The Hall–Kier alpha value is -12.7. The predicted molar refractivity (Wildman–Crippen MR) is 404 cm³/mol. The van der Waals surface area contributed by atoms with Crippen LogP contribution in [-0.2, 0) is 10.8 Å². The van der Waals surface area contributed by atoms with E-state index >= 15 is 0 Å². The fraction of sp³-hybridized carbons (Fsp3) is 0.0215. The van der Waals surface area contributed by atoms with E-state index in [9.17, 15) is 0 Å². The van der Waals surface area contributed by atoms with E-state index in [-0.39, 0.29) is 0 Å². The van der Waals surface area contributed by atoms with Gasteiger partial charge in [-0.15, -0.1) is 0 Å². The van der Waals surface area contributed by atoms with Crippen molar-refractivity contribution in [2.75, 3.05) is 0 Å². The zero-order chi connectivity index (χ0) is 66.1. The van der Waals surface area contributed by atoms with Crippen LogP contribution in [0.1, 0.15) is 44.5 Å². The number of aromatic nitrogens is 5. The Kier molecular flexibility index (Phi) is 14.2. The van der Waals surface area contributed by atoms with Crippen molar-refractivity contribution in [2.24, 2.45) is 0 Å². The Bertz CT molecular complexity index is 5390.